The molecule has 0 bridgehead atoms. The van der Waals surface area contributed by atoms with Gasteiger partial charge in [-0.1, -0.05) is 0 Å². The predicted octanol–water partition coefficient (Wildman–Crippen LogP) is 2.40. The number of halogens is 3. The van der Waals surface area contributed by atoms with Gasteiger partial charge in [0.05, 0.1) is 35.9 Å². The summed E-state index contributed by atoms with van der Waals surface area (Å²) in [4.78, 5) is 3.85. The molecule has 2 unspecified atom stereocenters. The molecule has 0 radical (unpaired) electrons. The van der Waals surface area contributed by atoms with E-state index in [0.29, 0.717) is 17.9 Å². The highest BCUT2D eigenvalue weighted by molar-refractivity contribution is 5.57. The van der Waals surface area contributed by atoms with E-state index in [1.165, 1.54) is 10.8 Å². The number of nitrogens with zero attached hydrogens (tertiary/aromatic N) is 4. The summed E-state index contributed by atoms with van der Waals surface area (Å²) in [5, 5.41) is 14.2. The summed E-state index contributed by atoms with van der Waals surface area (Å²) in [7, 11) is 0. The molecule has 2 aromatic rings. The number of hydrogen-bond acceptors (Lipinski definition) is 3. The molecule has 0 saturated heterocycles. The lowest BCUT2D eigenvalue weighted by Crippen LogP contribution is -2.42. The van der Waals surface area contributed by atoms with Crippen molar-refractivity contribution in [1.29, 1.82) is 0 Å². The van der Waals surface area contributed by atoms with E-state index in [1.54, 1.807) is 17.7 Å². The molecule has 2 aromatic heterocycles. The maximum absolute atomic E-state index is 13.1. The fraction of sp³-hybridized carbons (Fsp3) is 0.538. The molecular weight excluding hydrogens is 285 g/mol. The molecule has 1 aliphatic rings. The van der Waals surface area contributed by atoms with Crippen molar-refractivity contribution in [1.82, 2.24) is 19.3 Å². The summed E-state index contributed by atoms with van der Waals surface area (Å²) in [5.74, 6) is -0.386. The normalized spacial score (nSPS) is 20.8. The maximum atomic E-state index is 13.1. The topological polar surface area (TPSA) is 55.9 Å². The molecule has 0 aliphatic carbocycles. The molecule has 114 valence electrons. The van der Waals surface area contributed by atoms with Crippen LogP contribution < -0.4 is 0 Å². The number of alkyl halides is 3. The molecule has 0 saturated carbocycles. The van der Waals surface area contributed by atoms with E-state index in [4.69, 9.17) is 0 Å². The van der Waals surface area contributed by atoms with Gasteiger partial charge in [0.2, 0.25) is 5.60 Å². The van der Waals surface area contributed by atoms with Gasteiger partial charge < -0.3 is 9.67 Å². The van der Waals surface area contributed by atoms with Gasteiger partial charge in [0.15, 0.2) is 5.82 Å². The highest BCUT2D eigenvalue weighted by atomic mass is 19.4. The summed E-state index contributed by atoms with van der Waals surface area (Å²) in [6.07, 6.45) is -3.43. The molecule has 1 N–H and O–H groups in total. The van der Waals surface area contributed by atoms with Crippen LogP contribution in [0.3, 0.4) is 0 Å². The average molecular weight is 300 g/mol. The quantitative estimate of drug-likeness (QED) is 0.880. The summed E-state index contributed by atoms with van der Waals surface area (Å²) < 4.78 is 42.4. The summed E-state index contributed by atoms with van der Waals surface area (Å²) in [6, 6.07) is 1.52. The van der Waals surface area contributed by atoms with Gasteiger partial charge in [0, 0.05) is 0 Å². The number of hydrogen-bond donors (Lipinski definition) is 1. The summed E-state index contributed by atoms with van der Waals surface area (Å²) in [6.45, 7) is 4.77. The molecule has 5 nitrogen and oxygen atoms in total. The third-order valence-corrected chi connectivity index (χ3v) is 3.83. The Kier molecular flexibility index (Phi) is 2.75. The first kappa shape index (κ1) is 14.1. The minimum atomic E-state index is -4.79. The number of aromatic nitrogens is 4. The Hall–Kier alpha value is -1.83. The van der Waals surface area contributed by atoms with Crippen LogP contribution in [0.4, 0.5) is 13.2 Å². The van der Waals surface area contributed by atoms with Gasteiger partial charge >= 0.3 is 6.18 Å². The summed E-state index contributed by atoms with van der Waals surface area (Å²) >= 11 is 0. The Morgan fingerprint density at radius 3 is 2.62 bits per heavy atom. The van der Waals surface area contributed by atoms with E-state index >= 15 is 0 Å². The smallest absolute Gasteiger partial charge is 0.374 e. The molecule has 8 heteroatoms. The molecule has 3 rings (SSSR count). The van der Waals surface area contributed by atoms with Crippen LogP contribution in [-0.2, 0) is 12.1 Å². The first-order valence-corrected chi connectivity index (χ1v) is 6.54. The fourth-order valence-corrected chi connectivity index (χ4v) is 2.71. The van der Waals surface area contributed by atoms with Crippen LogP contribution in [0.2, 0.25) is 0 Å². The minimum Gasteiger partial charge on any atom is -0.374 e. The zero-order valence-corrected chi connectivity index (χ0v) is 11.8. The average Bonchev–Trinajstić information content (AvgIpc) is 2.90. The zero-order valence-electron chi connectivity index (χ0n) is 11.8. The zero-order chi connectivity index (χ0) is 15.6. The number of rotatable bonds is 1. The van der Waals surface area contributed by atoms with E-state index in [-0.39, 0.29) is 11.9 Å². The van der Waals surface area contributed by atoms with E-state index in [0.717, 1.165) is 12.6 Å². The minimum absolute atomic E-state index is 0.280. The number of aliphatic hydroxyl groups is 1. The second-order valence-electron chi connectivity index (χ2n) is 5.61. The SMILES string of the molecule is Cc1cc2n(n1)CC(C)n1c-2cnc1C(C)(O)C(F)(F)F. The Labute approximate surface area is 119 Å². The second kappa shape index (κ2) is 4.09. The predicted molar refractivity (Wildman–Crippen MR) is 68.5 cm³/mol. The fourth-order valence-electron chi connectivity index (χ4n) is 2.71. The standard InChI is InChI=1S/C13H15F3N4O/c1-7-4-9-10-5-17-11(12(3,21)13(14,15)16)20(10)8(2)6-19(9)18-7/h4-5,8,21H,6H2,1-3H3. The lowest BCUT2D eigenvalue weighted by Gasteiger charge is -2.31. The lowest BCUT2D eigenvalue weighted by molar-refractivity contribution is -0.262. The van der Waals surface area contributed by atoms with Crippen LogP contribution >= 0.6 is 0 Å². The Morgan fingerprint density at radius 2 is 2.00 bits per heavy atom. The molecule has 3 heterocycles. The van der Waals surface area contributed by atoms with Crippen molar-refractivity contribution < 1.29 is 18.3 Å². The molecule has 0 spiro atoms. The largest absolute Gasteiger partial charge is 0.424 e. The number of imidazole rings is 1. The molecule has 0 amide bonds. The van der Waals surface area contributed by atoms with Gasteiger partial charge in [0.25, 0.3) is 0 Å². The number of fused-ring (bicyclic) bond motifs is 3. The van der Waals surface area contributed by atoms with Crippen LogP contribution in [0, 0.1) is 6.92 Å². The maximum Gasteiger partial charge on any atom is 0.424 e. The van der Waals surface area contributed by atoms with Crippen LogP contribution in [0.25, 0.3) is 11.4 Å². The Bertz CT molecular complexity index is 699. The third-order valence-electron chi connectivity index (χ3n) is 3.83. The van der Waals surface area contributed by atoms with Crippen LogP contribution in [0.5, 0.6) is 0 Å². The van der Waals surface area contributed by atoms with Crippen molar-refractivity contribution in [3.05, 3.63) is 23.8 Å². The summed E-state index contributed by atoms with van der Waals surface area (Å²) in [5.41, 5.74) is -0.955. The second-order valence-corrected chi connectivity index (χ2v) is 5.61. The van der Waals surface area contributed by atoms with Gasteiger partial charge in [-0.25, -0.2) is 4.98 Å². The van der Waals surface area contributed by atoms with Crippen LogP contribution in [0.1, 0.15) is 31.4 Å². The van der Waals surface area contributed by atoms with Crippen molar-refractivity contribution in [3.63, 3.8) is 0 Å². The van der Waals surface area contributed by atoms with Gasteiger partial charge in [-0.05, 0) is 26.8 Å². The van der Waals surface area contributed by atoms with E-state index < -0.39 is 11.8 Å². The third kappa shape index (κ3) is 1.89. The first-order valence-electron chi connectivity index (χ1n) is 6.54. The van der Waals surface area contributed by atoms with E-state index in [1.807, 2.05) is 6.92 Å². The van der Waals surface area contributed by atoms with Crippen molar-refractivity contribution in [2.45, 2.75) is 45.1 Å². The van der Waals surface area contributed by atoms with Crippen molar-refractivity contribution in [2.24, 2.45) is 0 Å². The highest BCUT2D eigenvalue weighted by Crippen LogP contribution is 2.41. The van der Waals surface area contributed by atoms with Gasteiger partial charge in [-0.2, -0.15) is 18.3 Å². The molecule has 21 heavy (non-hydrogen) atoms. The van der Waals surface area contributed by atoms with Crippen molar-refractivity contribution in [2.75, 3.05) is 0 Å². The first-order chi connectivity index (χ1) is 9.63. The van der Waals surface area contributed by atoms with Crippen molar-refractivity contribution >= 4 is 0 Å². The van der Waals surface area contributed by atoms with Gasteiger partial charge in [-0.3, -0.25) is 4.68 Å². The molecule has 2 atom stereocenters. The Balaban J connectivity index is 2.20. The molecule has 1 aliphatic heterocycles. The van der Waals surface area contributed by atoms with Crippen molar-refractivity contribution in [3.8, 4) is 11.4 Å². The van der Waals surface area contributed by atoms with Crippen LogP contribution in [0.15, 0.2) is 12.3 Å². The van der Waals surface area contributed by atoms with E-state index in [2.05, 4.69) is 10.1 Å². The number of aryl methyl sites for hydroxylation is 1. The Morgan fingerprint density at radius 1 is 1.33 bits per heavy atom. The lowest BCUT2D eigenvalue weighted by atomic mass is 10.0. The molecule has 0 aromatic carbocycles. The van der Waals surface area contributed by atoms with Crippen LogP contribution in [-0.4, -0.2) is 30.6 Å². The highest BCUT2D eigenvalue weighted by Gasteiger charge is 2.55. The molecule has 0 fully saturated rings. The van der Waals surface area contributed by atoms with E-state index in [9.17, 15) is 18.3 Å². The van der Waals surface area contributed by atoms with Gasteiger partial charge in [-0.15, -0.1) is 0 Å². The molecular formula is C13H15F3N4O. The monoisotopic (exact) mass is 300 g/mol. The van der Waals surface area contributed by atoms with Gasteiger partial charge in [0.1, 0.15) is 0 Å².